The van der Waals surface area contributed by atoms with Gasteiger partial charge in [0.05, 0.1) is 16.1 Å². The number of piperazine rings is 1. The molecular formula is C28H28F3N3O4S. The van der Waals surface area contributed by atoms with Gasteiger partial charge in [-0.05, 0) is 66.9 Å². The van der Waals surface area contributed by atoms with Crippen LogP contribution in [-0.4, -0.2) is 58.6 Å². The number of anilines is 2. The van der Waals surface area contributed by atoms with Crippen LogP contribution in [0.5, 0.6) is 5.75 Å². The highest BCUT2D eigenvalue weighted by molar-refractivity contribution is 7.92. The number of hydrogen-bond donors (Lipinski definition) is 0. The number of aryl methyl sites for hydroxylation is 1. The van der Waals surface area contributed by atoms with Crippen molar-refractivity contribution in [3.63, 3.8) is 0 Å². The molecule has 3 aromatic carbocycles. The van der Waals surface area contributed by atoms with Crippen LogP contribution in [0.1, 0.15) is 16.7 Å². The Morgan fingerprint density at radius 3 is 2.38 bits per heavy atom. The molecule has 11 heteroatoms. The van der Waals surface area contributed by atoms with Crippen molar-refractivity contribution >= 4 is 27.3 Å². The van der Waals surface area contributed by atoms with Crippen molar-refractivity contribution in [2.45, 2.75) is 24.4 Å². The molecule has 0 radical (unpaired) electrons. The van der Waals surface area contributed by atoms with Gasteiger partial charge in [-0.25, -0.2) is 8.42 Å². The molecule has 1 amide bonds. The highest BCUT2D eigenvalue weighted by Gasteiger charge is 2.32. The number of alkyl halides is 3. The molecule has 0 N–H and O–H groups in total. The second-order valence-electron chi connectivity index (χ2n) is 9.59. The summed E-state index contributed by atoms with van der Waals surface area (Å²) in [5, 5.41) is 0. The molecule has 0 aromatic heterocycles. The van der Waals surface area contributed by atoms with Gasteiger partial charge in [-0.1, -0.05) is 24.3 Å². The minimum atomic E-state index is -4.41. The normalized spacial score (nSPS) is 15.8. The summed E-state index contributed by atoms with van der Waals surface area (Å²) in [6.45, 7) is 3.39. The third kappa shape index (κ3) is 5.54. The summed E-state index contributed by atoms with van der Waals surface area (Å²) in [5.74, 6) is 0.162. The third-order valence-corrected chi connectivity index (χ3v) is 8.91. The quantitative estimate of drug-likeness (QED) is 0.445. The Labute approximate surface area is 225 Å². The Bertz CT molecular complexity index is 1490. The van der Waals surface area contributed by atoms with Crippen LogP contribution in [0.2, 0.25) is 0 Å². The molecule has 2 aliphatic rings. The smallest absolute Gasteiger partial charge is 0.416 e. The zero-order valence-electron chi connectivity index (χ0n) is 21.3. The predicted octanol–water partition coefficient (Wildman–Crippen LogP) is 4.49. The molecule has 39 heavy (non-hydrogen) atoms. The van der Waals surface area contributed by atoms with Crippen molar-refractivity contribution in [1.82, 2.24) is 4.90 Å². The van der Waals surface area contributed by atoms with Gasteiger partial charge in [0.2, 0.25) is 0 Å². The van der Waals surface area contributed by atoms with Gasteiger partial charge in [0.25, 0.3) is 15.9 Å². The van der Waals surface area contributed by atoms with Crippen LogP contribution in [0.15, 0.2) is 71.6 Å². The Balaban J connectivity index is 1.18. The first-order valence-corrected chi connectivity index (χ1v) is 14.0. The Morgan fingerprint density at radius 1 is 0.923 bits per heavy atom. The molecule has 0 aliphatic carbocycles. The highest BCUT2D eigenvalue weighted by Crippen LogP contribution is 2.34. The molecule has 206 valence electrons. The molecule has 1 fully saturated rings. The molecule has 0 atom stereocenters. The average Bonchev–Trinajstić information content (AvgIpc) is 3.37. The van der Waals surface area contributed by atoms with Crippen LogP contribution in [0.3, 0.4) is 0 Å². The van der Waals surface area contributed by atoms with Crippen LogP contribution < -0.4 is 13.9 Å². The van der Waals surface area contributed by atoms with E-state index >= 15 is 0 Å². The van der Waals surface area contributed by atoms with Crippen LogP contribution in [0.4, 0.5) is 24.5 Å². The summed E-state index contributed by atoms with van der Waals surface area (Å²) in [4.78, 5) is 16.3. The molecule has 7 nitrogen and oxygen atoms in total. The van der Waals surface area contributed by atoms with E-state index in [0.717, 1.165) is 17.7 Å². The fourth-order valence-electron chi connectivity index (χ4n) is 4.95. The molecule has 2 heterocycles. The molecule has 2 aliphatic heterocycles. The number of amides is 1. The van der Waals surface area contributed by atoms with Crippen molar-refractivity contribution in [3.8, 4) is 5.75 Å². The third-order valence-electron chi connectivity index (χ3n) is 7.10. The molecule has 0 saturated carbocycles. The fourth-order valence-corrected chi connectivity index (χ4v) is 6.54. The van der Waals surface area contributed by atoms with E-state index in [4.69, 9.17) is 4.74 Å². The van der Waals surface area contributed by atoms with Crippen molar-refractivity contribution in [2.75, 3.05) is 48.5 Å². The van der Waals surface area contributed by atoms with E-state index in [1.54, 1.807) is 36.1 Å². The largest absolute Gasteiger partial charge is 0.483 e. The summed E-state index contributed by atoms with van der Waals surface area (Å²) in [5.41, 5.74) is 2.04. The first kappa shape index (κ1) is 26.9. The standard InChI is InChI=1S/C28H28F3N3O4S/c1-20-17-24(39(36,37)34-12-11-21-5-2-3-8-25(21)34)9-10-26(20)38-19-27(35)33-15-13-32(14-16-33)23-7-4-6-22(18-23)28(29,30)31/h2-10,17-18H,11-16,19H2,1H3. The Hall–Kier alpha value is -3.73. The number of para-hydroxylation sites is 1. The maximum atomic E-state index is 13.3. The van der Waals surface area contributed by atoms with E-state index in [1.165, 1.54) is 16.4 Å². The van der Waals surface area contributed by atoms with E-state index in [1.807, 2.05) is 23.1 Å². The van der Waals surface area contributed by atoms with E-state index in [-0.39, 0.29) is 17.4 Å². The van der Waals surface area contributed by atoms with Gasteiger partial charge in [0.1, 0.15) is 5.75 Å². The maximum absolute atomic E-state index is 13.3. The van der Waals surface area contributed by atoms with Crippen LogP contribution >= 0.6 is 0 Å². The minimum absolute atomic E-state index is 0.154. The highest BCUT2D eigenvalue weighted by atomic mass is 32.2. The lowest BCUT2D eigenvalue weighted by atomic mass is 10.1. The van der Waals surface area contributed by atoms with Gasteiger partial charge in [0, 0.05) is 38.4 Å². The summed E-state index contributed by atoms with van der Waals surface area (Å²) in [7, 11) is -3.74. The van der Waals surface area contributed by atoms with Crippen molar-refractivity contribution in [2.24, 2.45) is 0 Å². The zero-order valence-corrected chi connectivity index (χ0v) is 22.1. The van der Waals surface area contributed by atoms with Crippen molar-refractivity contribution < 1.29 is 31.1 Å². The molecule has 0 spiro atoms. The predicted molar refractivity (Wildman–Crippen MR) is 142 cm³/mol. The van der Waals surface area contributed by atoms with Gasteiger partial charge in [-0.3, -0.25) is 9.10 Å². The summed E-state index contributed by atoms with van der Waals surface area (Å²) < 4.78 is 72.9. The Kier molecular flexibility index (Phi) is 7.19. The lowest BCUT2D eigenvalue weighted by Gasteiger charge is -2.36. The minimum Gasteiger partial charge on any atom is -0.483 e. The second kappa shape index (κ2) is 10.4. The monoisotopic (exact) mass is 559 g/mol. The number of benzene rings is 3. The maximum Gasteiger partial charge on any atom is 0.416 e. The van der Waals surface area contributed by atoms with Gasteiger partial charge in [0.15, 0.2) is 6.61 Å². The zero-order chi connectivity index (χ0) is 27.8. The number of ether oxygens (including phenoxy) is 1. The number of hydrogen-bond acceptors (Lipinski definition) is 5. The fraction of sp³-hybridized carbons (Fsp3) is 0.321. The first-order valence-electron chi connectivity index (χ1n) is 12.6. The van der Waals surface area contributed by atoms with Gasteiger partial charge < -0.3 is 14.5 Å². The second-order valence-corrected chi connectivity index (χ2v) is 11.5. The average molecular weight is 560 g/mol. The topological polar surface area (TPSA) is 70.2 Å². The van der Waals surface area contributed by atoms with Gasteiger partial charge in [-0.2, -0.15) is 13.2 Å². The molecular weight excluding hydrogens is 531 g/mol. The molecule has 1 saturated heterocycles. The van der Waals surface area contributed by atoms with E-state index in [0.29, 0.717) is 61.8 Å². The lowest BCUT2D eigenvalue weighted by Crippen LogP contribution is -2.50. The first-order chi connectivity index (χ1) is 18.5. The van der Waals surface area contributed by atoms with Crippen LogP contribution in [0.25, 0.3) is 0 Å². The molecule has 0 bridgehead atoms. The van der Waals surface area contributed by atoms with E-state index in [9.17, 15) is 26.4 Å². The van der Waals surface area contributed by atoms with Crippen LogP contribution in [0, 0.1) is 6.92 Å². The summed E-state index contributed by atoms with van der Waals surface area (Å²) in [6.07, 6.45) is -3.75. The number of rotatable bonds is 6. The van der Waals surface area contributed by atoms with Gasteiger partial charge >= 0.3 is 6.18 Å². The van der Waals surface area contributed by atoms with Crippen molar-refractivity contribution in [1.29, 1.82) is 0 Å². The number of sulfonamides is 1. The Morgan fingerprint density at radius 2 is 1.67 bits per heavy atom. The number of halogens is 3. The molecule has 3 aromatic rings. The van der Waals surface area contributed by atoms with Gasteiger partial charge in [-0.15, -0.1) is 0 Å². The molecule has 0 unspecified atom stereocenters. The van der Waals surface area contributed by atoms with E-state index < -0.39 is 21.8 Å². The molecule has 5 rings (SSSR count). The SMILES string of the molecule is Cc1cc(S(=O)(=O)N2CCc3ccccc32)ccc1OCC(=O)N1CCN(c2cccc(C(F)(F)F)c2)CC1. The lowest BCUT2D eigenvalue weighted by molar-refractivity contribution is -0.137. The summed E-state index contributed by atoms with van der Waals surface area (Å²) in [6, 6.07) is 17.2. The van der Waals surface area contributed by atoms with Crippen LogP contribution in [-0.2, 0) is 27.4 Å². The number of carbonyl (C=O) groups excluding carboxylic acids is 1. The number of carbonyl (C=O) groups is 1. The summed E-state index contributed by atoms with van der Waals surface area (Å²) >= 11 is 0. The number of fused-ring (bicyclic) bond motifs is 1. The van der Waals surface area contributed by atoms with E-state index in [2.05, 4.69) is 0 Å². The van der Waals surface area contributed by atoms with Crippen molar-refractivity contribution in [3.05, 3.63) is 83.4 Å². The number of nitrogens with zero attached hydrogens (tertiary/aromatic N) is 3.